The zero-order chi connectivity index (χ0) is 68.7. The van der Waals surface area contributed by atoms with Gasteiger partial charge < -0.3 is 64.9 Å². The van der Waals surface area contributed by atoms with Gasteiger partial charge in [-0.05, 0) is 110 Å². The Balaban J connectivity index is 0.000000225. The molecule has 1 saturated carbocycles. The van der Waals surface area contributed by atoms with Crippen molar-refractivity contribution in [3.05, 3.63) is 185 Å². The second kappa shape index (κ2) is 34.6. The summed E-state index contributed by atoms with van der Waals surface area (Å²) in [6.45, 7) is 7.80. The number of aliphatic hydroxyl groups is 6. The van der Waals surface area contributed by atoms with Crippen molar-refractivity contribution in [3.63, 3.8) is 0 Å². The van der Waals surface area contributed by atoms with Crippen molar-refractivity contribution in [1.82, 2.24) is 19.5 Å². The standard InChI is InChI=1S/C25H24FNO4.C24H26FNO4.C22H28FN3O6S.Na/c26-17-9-7-15(8-10-17)24-20-3-1-2-4-22(20)27-25(16-5-6-16)21(24)12-11-18(28)13-19(29)14-23(30)31;1-15(2)26-21-6-4-3-5-20(21)24(16-7-9-17(25)10-8-16)22(26)12-11-18(27)13-19(28)14-23(29)30;1-13(2)20-18(10-9-16(27)11-17(28)12-19(29)30)21(14-5-7-15(23)8-6-14)25-22(24-20)26(3)33(4,31)32;/h1-4,7-12,16,18-19,28-29H,5-6,13-14H2,(H,30,31);3-12,15,18-19,27-28H,13-14H2,1-2H3,(H,29,30);5-10,13,16-17,27-28H,11-12H2,1-4H3,(H,29,30);/q;;;+1/p-3/b2*12-11+;10-9+;/t2*18-,19-;16-,17-;/m111./s1. The summed E-state index contributed by atoms with van der Waals surface area (Å²) >= 11 is 0. The zero-order valence-electron chi connectivity index (χ0n) is 53.6. The molecular weight excluding hydrogens is 1260 g/mol. The minimum atomic E-state index is -3.66. The SMILES string of the molecule is CC(C)c1nc(N(C)S(C)(=O)=O)nc(-c2ccc(F)cc2)c1/C=C/[C@@H](O)C[C@@H](O)CC(=O)[O-].CC(C)n1c(/C=C/[C@@H](O)C[C@@H](O)CC(=O)[O-])c(-c2ccc(F)cc2)c2ccccc21.O=C([O-])C[C@H](O)C[C@H](O)/C=C/c1c(C2CC2)nc2ccccc2c1-c1ccc(F)cc1.[Na+]. The van der Waals surface area contributed by atoms with Gasteiger partial charge in [-0.2, -0.15) is 0 Å². The predicted molar refractivity (Wildman–Crippen MR) is 347 cm³/mol. The maximum Gasteiger partial charge on any atom is 1.00 e. The van der Waals surface area contributed by atoms with Crippen LogP contribution >= 0.6 is 0 Å². The van der Waals surface area contributed by atoms with E-state index in [0.717, 1.165) is 84.4 Å². The molecule has 1 aliphatic carbocycles. The average molecular weight is 1330 g/mol. The number of aliphatic hydroxyl groups excluding tert-OH is 6. The third-order valence-electron chi connectivity index (χ3n) is 15.3. The van der Waals surface area contributed by atoms with Crippen LogP contribution in [0.15, 0.2) is 140 Å². The third-order valence-corrected chi connectivity index (χ3v) is 16.4. The van der Waals surface area contributed by atoms with Crippen molar-refractivity contribution < 1.29 is 111 Å². The van der Waals surface area contributed by atoms with E-state index in [2.05, 4.69) is 28.4 Å². The molecule has 95 heavy (non-hydrogen) atoms. The molecule has 0 bridgehead atoms. The number of carbonyl (C=O) groups is 3. The van der Waals surface area contributed by atoms with Crippen molar-refractivity contribution in [2.45, 2.75) is 134 Å². The number of aromatic nitrogens is 4. The summed E-state index contributed by atoms with van der Waals surface area (Å²) in [5.41, 5.74) is 9.75. The third kappa shape index (κ3) is 21.5. The van der Waals surface area contributed by atoms with Crippen molar-refractivity contribution in [1.29, 1.82) is 0 Å². The molecule has 3 heterocycles. The Bertz CT molecular complexity index is 4150. The smallest absolute Gasteiger partial charge is 0.550 e. The summed E-state index contributed by atoms with van der Waals surface area (Å²) in [4.78, 5) is 45.6. The predicted octanol–water partition coefficient (Wildman–Crippen LogP) is 4.55. The maximum atomic E-state index is 13.6. The van der Waals surface area contributed by atoms with E-state index < -0.39 is 89.6 Å². The van der Waals surface area contributed by atoms with E-state index in [-0.39, 0.29) is 78.4 Å². The molecule has 1 fully saturated rings. The quantitative estimate of drug-likeness (QED) is 0.0405. The molecule has 0 unspecified atom stereocenters. The number of anilines is 1. The first-order valence-corrected chi connectivity index (χ1v) is 32.3. The van der Waals surface area contributed by atoms with E-state index in [1.165, 1.54) is 67.7 Å². The second-order valence-corrected chi connectivity index (χ2v) is 25.6. The molecule has 6 atom stereocenters. The molecule has 0 saturated heterocycles. The number of rotatable bonds is 26. The van der Waals surface area contributed by atoms with Crippen LogP contribution in [0.1, 0.15) is 125 Å². The number of fused-ring (bicyclic) bond motifs is 2. The van der Waals surface area contributed by atoms with Crippen LogP contribution < -0.4 is 49.2 Å². The first-order chi connectivity index (χ1) is 44.5. The minimum absolute atomic E-state index is 0. The number of benzene rings is 5. The van der Waals surface area contributed by atoms with Crippen LogP contribution in [0.2, 0.25) is 0 Å². The van der Waals surface area contributed by atoms with E-state index in [1.807, 2.05) is 62.4 Å². The maximum absolute atomic E-state index is 13.6. The molecule has 5 aromatic carbocycles. The number of hydrogen-bond acceptors (Lipinski definition) is 17. The molecule has 0 amide bonds. The Hall–Kier alpha value is -7.94. The monoisotopic (exact) mass is 1330 g/mol. The van der Waals surface area contributed by atoms with Gasteiger partial charge in [-0.15, -0.1) is 0 Å². The summed E-state index contributed by atoms with van der Waals surface area (Å²) in [6.07, 6.45) is 3.54. The first-order valence-electron chi connectivity index (χ1n) is 30.4. The molecule has 6 N–H and O–H groups in total. The van der Waals surface area contributed by atoms with E-state index in [4.69, 9.17) is 4.98 Å². The molecule has 0 radical (unpaired) electrons. The van der Waals surface area contributed by atoms with Gasteiger partial charge in [0.05, 0.1) is 65.5 Å². The molecule has 0 aliphatic heterocycles. The summed E-state index contributed by atoms with van der Waals surface area (Å²) < 4.78 is 67.8. The molecule has 1 aliphatic rings. The van der Waals surface area contributed by atoms with Gasteiger partial charge in [0.25, 0.3) is 0 Å². The normalized spacial score (nSPS) is 14.5. The van der Waals surface area contributed by atoms with Crippen LogP contribution in [0.25, 0.3) is 73.5 Å². The first kappa shape index (κ1) is 76.1. The number of para-hydroxylation sites is 2. The van der Waals surface area contributed by atoms with Crippen LogP contribution in [0.4, 0.5) is 19.1 Å². The number of halogens is 3. The number of carboxylic acids is 3. The number of pyridine rings is 1. The Morgan fingerprint density at radius 2 is 1.00 bits per heavy atom. The number of nitrogens with zero attached hydrogens (tertiary/aromatic N) is 5. The van der Waals surface area contributed by atoms with E-state index in [9.17, 15) is 81.9 Å². The van der Waals surface area contributed by atoms with E-state index in [0.29, 0.717) is 28.4 Å². The van der Waals surface area contributed by atoms with Crippen LogP contribution in [-0.4, -0.2) is 126 Å². The largest absolute Gasteiger partial charge is 1.00 e. The fraction of sp³-hybridized carbons (Fsp3) is 0.324. The zero-order valence-corrected chi connectivity index (χ0v) is 56.4. The molecule has 24 heteroatoms. The van der Waals surface area contributed by atoms with Gasteiger partial charge >= 0.3 is 29.6 Å². The van der Waals surface area contributed by atoms with Crippen LogP contribution in [0.3, 0.4) is 0 Å². The Morgan fingerprint density at radius 1 is 0.579 bits per heavy atom. The second-order valence-electron chi connectivity index (χ2n) is 23.6. The summed E-state index contributed by atoms with van der Waals surface area (Å²) in [5, 5.41) is 93.9. The van der Waals surface area contributed by atoms with Crippen molar-refractivity contribution in [2.24, 2.45) is 0 Å². The van der Waals surface area contributed by atoms with Gasteiger partial charge in [-0.25, -0.2) is 35.9 Å². The molecule has 9 rings (SSSR count). The van der Waals surface area contributed by atoms with Crippen LogP contribution in [0, 0.1) is 17.5 Å². The van der Waals surface area contributed by atoms with Gasteiger partial charge in [0.1, 0.15) is 17.5 Å². The Kier molecular flexibility index (Phi) is 27.7. The Labute approximate surface area is 571 Å². The van der Waals surface area contributed by atoms with Gasteiger partial charge in [0.2, 0.25) is 16.0 Å². The average Bonchev–Trinajstić information content (AvgIpc) is 1.71. The minimum Gasteiger partial charge on any atom is -0.550 e. The number of aliphatic carboxylic acids is 3. The summed E-state index contributed by atoms with van der Waals surface area (Å²) in [7, 11) is -2.34. The van der Waals surface area contributed by atoms with E-state index in [1.54, 1.807) is 48.6 Å². The topological polar surface area (TPSA) is 323 Å². The van der Waals surface area contributed by atoms with E-state index >= 15 is 0 Å². The molecule has 498 valence electrons. The summed E-state index contributed by atoms with van der Waals surface area (Å²) in [5.74, 6) is -5.18. The number of carboxylic acid groups (broad SMARTS) is 3. The number of carbonyl (C=O) groups excluding carboxylic acids is 3. The molecule has 0 spiro atoms. The van der Waals surface area contributed by atoms with Crippen molar-refractivity contribution in [3.8, 4) is 33.5 Å². The molecule has 3 aromatic heterocycles. The molecule has 8 aromatic rings. The van der Waals surface area contributed by atoms with Gasteiger partial charge in [-0.3, -0.25) is 4.98 Å². The Morgan fingerprint density at radius 3 is 1.44 bits per heavy atom. The van der Waals surface area contributed by atoms with Crippen molar-refractivity contribution in [2.75, 3.05) is 17.6 Å². The van der Waals surface area contributed by atoms with Gasteiger partial charge in [0.15, 0.2) is 0 Å². The molecule has 19 nitrogen and oxygen atoms in total. The summed E-state index contributed by atoms with van der Waals surface area (Å²) in [6, 6.07) is 33.8. The van der Waals surface area contributed by atoms with Gasteiger partial charge in [0, 0.05) is 125 Å². The fourth-order valence-electron chi connectivity index (χ4n) is 10.6. The number of sulfonamides is 1. The van der Waals surface area contributed by atoms with Crippen LogP contribution in [0.5, 0.6) is 0 Å². The van der Waals surface area contributed by atoms with Crippen LogP contribution in [-0.2, 0) is 24.4 Å². The van der Waals surface area contributed by atoms with Crippen molar-refractivity contribution >= 4 is 73.9 Å². The molecular formula is C71H75F3N5NaO14S-2. The van der Waals surface area contributed by atoms with Gasteiger partial charge in [-0.1, -0.05) is 105 Å². The number of hydrogen-bond donors (Lipinski definition) is 6. The fourth-order valence-corrected chi connectivity index (χ4v) is 11.0.